The Morgan fingerprint density at radius 3 is 2.77 bits per heavy atom. The largest absolute Gasteiger partial charge is 0.475 e. The number of nitro groups is 1. The summed E-state index contributed by atoms with van der Waals surface area (Å²) in [6.45, 7) is 2.15. The first-order valence-corrected chi connectivity index (χ1v) is 7.24. The highest BCUT2D eigenvalue weighted by atomic mass is 16.6. The van der Waals surface area contributed by atoms with Crippen LogP contribution in [0.15, 0.2) is 36.4 Å². The van der Waals surface area contributed by atoms with Crippen LogP contribution < -0.4 is 4.74 Å². The highest BCUT2D eigenvalue weighted by Gasteiger charge is 2.20. The van der Waals surface area contributed by atoms with E-state index in [0.717, 1.165) is 12.8 Å². The van der Waals surface area contributed by atoms with Crippen LogP contribution in [0.2, 0.25) is 0 Å². The van der Waals surface area contributed by atoms with Gasteiger partial charge in [-0.05, 0) is 30.7 Å². The van der Waals surface area contributed by atoms with Crippen LogP contribution >= 0.6 is 0 Å². The first-order chi connectivity index (χ1) is 10.6. The van der Waals surface area contributed by atoms with Crippen LogP contribution in [0.5, 0.6) is 5.75 Å². The number of nitro benzene ring substituents is 1. The lowest BCUT2D eigenvalue weighted by molar-refractivity contribution is -0.385. The first-order valence-electron chi connectivity index (χ1n) is 7.24. The second-order valence-corrected chi connectivity index (χ2v) is 5.38. The Bertz CT molecular complexity index is 569. The minimum atomic E-state index is -0.545. The van der Waals surface area contributed by atoms with Crippen molar-refractivity contribution in [3.05, 3.63) is 46.5 Å². The minimum Gasteiger partial charge on any atom is -0.475 e. The van der Waals surface area contributed by atoms with E-state index in [-0.39, 0.29) is 18.0 Å². The van der Waals surface area contributed by atoms with Gasteiger partial charge in [-0.3, -0.25) is 10.1 Å². The summed E-state index contributed by atoms with van der Waals surface area (Å²) in [4.78, 5) is 22.0. The van der Waals surface area contributed by atoms with Crippen LogP contribution in [0.3, 0.4) is 0 Å². The molecule has 2 unspecified atom stereocenters. The van der Waals surface area contributed by atoms with E-state index in [1.54, 1.807) is 12.1 Å². The fraction of sp³-hybridized carbons (Fsp3) is 0.438. The molecule has 6 nitrogen and oxygen atoms in total. The highest BCUT2D eigenvalue weighted by Crippen LogP contribution is 2.26. The van der Waals surface area contributed by atoms with Crippen molar-refractivity contribution in [1.82, 2.24) is 0 Å². The molecule has 0 aliphatic heterocycles. The van der Waals surface area contributed by atoms with Gasteiger partial charge in [-0.15, -0.1) is 0 Å². The Morgan fingerprint density at radius 2 is 2.05 bits per heavy atom. The Morgan fingerprint density at radius 1 is 1.32 bits per heavy atom. The van der Waals surface area contributed by atoms with E-state index in [2.05, 4.69) is 19.1 Å². The summed E-state index contributed by atoms with van der Waals surface area (Å²) in [6.07, 6.45) is 6.14. The minimum absolute atomic E-state index is 0.0680. The molecule has 2 atom stereocenters. The number of ether oxygens (including phenoxy) is 2. The van der Waals surface area contributed by atoms with E-state index in [9.17, 15) is 14.9 Å². The quantitative estimate of drug-likeness (QED) is 0.349. The van der Waals surface area contributed by atoms with Crippen molar-refractivity contribution in [1.29, 1.82) is 0 Å². The van der Waals surface area contributed by atoms with Gasteiger partial charge in [0.1, 0.15) is 0 Å². The van der Waals surface area contributed by atoms with Gasteiger partial charge in [-0.2, -0.15) is 0 Å². The molecular formula is C16H19NO5. The zero-order valence-corrected chi connectivity index (χ0v) is 12.4. The number of carbonyl (C=O) groups excluding carboxylic acids is 1. The molecule has 0 saturated heterocycles. The van der Waals surface area contributed by atoms with Crippen molar-refractivity contribution in [3.8, 4) is 5.75 Å². The van der Waals surface area contributed by atoms with Gasteiger partial charge in [0, 0.05) is 6.07 Å². The summed E-state index contributed by atoms with van der Waals surface area (Å²) in [5, 5.41) is 10.8. The molecule has 0 aromatic heterocycles. The molecule has 1 aromatic carbocycles. The number of nitrogens with zero attached hydrogens (tertiary/aromatic N) is 1. The summed E-state index contributed by atoms with van der Waals surface area (Å²) in [6, 6.07) is 5.95. The maximum absolute atomic E-state index is 11.7. The summed E-state index contributed by atoms with van der Waals surface area (Å²) < 4.78 is 10.4. The third-order valence-corrected chi connectivity index (χ3v) is 3.78. The number of hydrogen-bond donors (Lipinski definition) is 0. The summed E-state index contributed by atoms with van der Waals surface area (Å²) >= 11 is 0. The van der Waals surface area contributed by atoms with Gasteiger partial charge in [0.2, 0.25) is 0 Å². The van der Waals surface area contributed by atoms with Crippen LogP contribution in [0.1, 0.15) is 19.8 Å². The molecule has 0 spiro atoms. The van der Waals surface area contributed by atoms with Gasteiger partial charge in [-0.1, -0.05) is 31.2 Å². The highest BCUT2D eigenvalue weighted by molar-refractivity contribution is 5.71. The van der Waals surface area contributed by atoms with Crippen LogP contribution in [0, 0.1) is 22.0 Å². The van der Waals surface area contributed by atoms with E-state index in [0.29, 0.717) is 18.4 Å². The molecule has 0 bridgehead atoms. The van der Waals surface area contributed by atoms with Crippen LogP contribution in [0.25, 0.3) is 0 Å². The summed E-state index contributed by atoms with van der Waals surface area (Å²) in [7, 11) is 0. The van der Waals surface area contributed by atoms with E-state index in [1.165, 1.54) is 12.1 Å². The molecule has 0 N–H and O–H groups in total. The maximum atomic E-state index is 11.7. The second kappa shape index (κ2) is 7.59. The number of carbonyl (C=O) groups is 1. The van der Waals surface area contributed by atoms with Crippen LogP contribution in [-0.4, -0.2) is 24.1 Å². The smallest absolute Gasteiger partial charge is 0.344 e. The molecule has 1 aliphatic rings. The van der Waals surface area contributed by atoms with Crippen molar-refractivity contribution in [2.45, 2.75) is 19.8 Å². The van der Waals surface area contributed by atoms with Crippen molar-refractivity contribution in [3.63, 3.8) is 0 Å². The van der Waals surface area contributed by atoms with Gasteiger partial charge in [0.25, 0.3) is 0 Å². The fourth-order valence-corrected chi connectivity index (χ4v) is 2.35. The monoisotopic (exact) mass is 305 g/mol. The molecular weight excluding hydrogens is 286 g/mol. The third kappa shape index (κ3) is 4.31. The molecule has 22 heavy (non-hydrogen) atoms. The number of rotatable bonds is 6. The average Bonchev–Trinajstić information content (AvgIpc) is 2.52. The Kier molecular flexibility index (Phi) is 5.52. The van der Waals surface area contributed by atoms with E-state index in [1.807, 2.05) is 0 Å². The van der Waals surface area contributed by atoms with Crippen molar-refractivity contribution in [2.75, 3.05) is 13.2 Å². The first kappa shape index (κ1) is 16.0. The average molecular weight is 305 g/mol. The van der Waals surface area contributed by atoms with Gasteiger partial charge < -0.3 is 9.47 Å². The van der Waals surface area contributed by atoms with Crippen molar-refractivity contribution in [2.24, 2.45) is 11.8 Å². The predicted molar refractivity (Wildman–Crippen MR) is 80.6 cm³/mol. The molecule has 1 aromatic rings. The molecule has 0 saturated carbocycles. The van der Waals surface area contributed by atoms with Gasteiger partial charge in [-0.25, -0.2) is 4.79 Å². The number of para-hydroxylation sites is 2. The third-order valence-electron chi connectivity index (χ3n) is 3.78. The zero-order valence-electron chi connectivity index (χ0n) is 12.4. The van der Waals surface area contributed by atoms with Crippen molar-refractivity contribution >= 4 is 11.7 Å². The van der Waals surface area contributed by atoms with Gasteiger partial charge in [0.15, 0.2) is 12.4 Å². The normalized spacial score (nSPS) is 20.4. The molecule has 2 rings (SSSR count). The zero-order chi connectivity index (χ0) is 15.9. The Labute approximate surface area is 128 Å². The molecule has 0 radical (unpaired) electrons. The van der Waals surface area contributed by atoms with E-state index >= 15 is 0 Å². The molecule has 0 heterocycles. The van der Waals surface area contributed by atoms with Gasteiger partial charge in [0.05, 0.1) is 11.5 Å². The number of hydrogen-bond acceptors (Lipinski definition) is 5. The summed E-state index contributed by atoms with van der Waals surface area (Å²) in [5.74, 6) is 0.354. The lowest BCUT2D eigenvalue weighted by Gasteiger charge is -2.24. The standard InChI is InChI=1S/C16H19NO5/c1-12-6-2-3-7-13(12)10-22-16(18)11-21-15-9-5-4-8-14(15)17(19)20/h2-5,8-9,12-13H,6-7,10-11H2,1H3. The molecule has 1 aliphatic carbocycles. The lowest BCUT2D eigenvalue weighted by Crippen LogP contribution is -2.24. The van der Waals surface area contributed by atoms with Crippen molar-refractivity contribution < 1.29 is 19.2 Å². The Balaban J connectivity index is 1.81. The number of allylic oxidation sites excluding steroid dienone is 2. The molecule has 0 fully saturated rings. The predicted octanol–water partition coefficient (Wildman–Crippen LogP) is 3.12. The topological polar surface area (TPSA) is 78.7 Å². The molecule has 0 amide bonds. The van der Waals surface area contributed by atoms with Crippen LogP contribution in [0.4, 0.5) is 5.69 Å². The summed E-state index contributed by atoms with van der Waals surface area (Å²) in [5.41, 5.74) is -0.165. The van der Waals surface area contributed by atoms with Crippen LogP contribution in [-0.2, 0) is 9.53 Å². The SMILES string of the molecule is CC1CC=CCC1COC(=O)COc1ccccc1[N+](=O)[O-]. The molecule has 118 valence electrons. The second-order valence-electron chi connectivity index (χ2n) is 5.38. The van der Waals surface area contributed by atoms with E-state index in [4.69, 9.17) is 9.47 Å². The fourth-order valence-electron chi connectivity index (χ4n) is 2.35. The lowest BCUT2D eigenvalue weighted by atomic mass is 9.85. The van der Waals surface area contributed by atoms with E-state index < -0.39 is 10.9 Å². The molecule has 6 heteroatoms. The number of esters is 1. The van der Waals surface area contributed by atoms with Gasteiger partial charge >= 0.3 is 11.7 Å². The maximum Gasteiger partial charge on any atom is 0.344 e. The number of benzene rings is 1. The Hall–Kier alpha value is -2.37.